The molecule has 0 amide bonds. The molecule has 0 aliphatic rings. The van der Waals surface area contributed by atoms with Crippen LogP contribution in [0.5, 0.6) is 0 Å². The highest BCUT2D eigenvalue weighted by Gasteiger charge is 2.06. The minimum Gasteiger partial charge on any atom is -0.377 e. The van der Waals surface area contributed by atoms with E-state index in [2.05, 4.69) is 32.5 Å². The van der Waals surface area contributed by atoms with Gasteiger partial charge in [0.05, 0.1) is 23.5 Å². The van der Waals surface area contributed by atoms with E-state index in [0.29, 0.717) is 23.9 Å². The van der Waals surface area contributed by atoms with Gasteiger partial charge in [0, 0.05) is 44.8 Å². The predicted octanol–water partition coefficient (Wildman–Crippen LogP) is 2.69. The fraction of sp³-hybridized carbons (Fsp3) is 0.235. The van der Waals surface area contributed by atoms with Crippen molar-refractivity contribution in [1.82, 2.24) is 20.2 Å². The first-order valence-electron chi connectivity index (χ1n) is 7.69. The fourth-order valence-electron chi connectivity index (χ4n) is 2.16. The summed E-state index contributed by atoms with van der Waals surface area (Å²) in [5.74, 6) is 0.714. The van der Waals surface area contributed by atoms with Crippen LogP contribution in [0.1, 0.15) is 5.56 Å². The summed E-state index contributed by atoms with van der Waals surface area (Å²) in [6, 6.07) is 7.57. The van der Waals surface area contributed by atoms with Gasteiger partial charge in [-0.25, -0.2) is 10.0 Å². The van der Waals surface area contributed by atoms with Gasteiger partial charge in [-0.2, -0.15) is 5.10 Å². The molecule has 0 aliphatic heterocycles. The lowest BCUT2D eigenvalue weighted by atomic mass is 10.3. The first-order chi connectivity index (χ1) is 12.1. The number of hydrogen-bond acceptors (Lipinski definition) is 5. The number of nitrogens with one attached hydrogen (secondary N) is 2. The van der Waals surface area contributed by atoms with Crippen molar-refractivity contribution in [1.29, 1.82) is 0 Å². The van der Waals surface area contributed by atoms with Gasteiger partial charge in [0.2, 0.25) is 0 Å². The Morgan fingerprint density at radius 2 is 2.20 bits per heavy atom. The lowest BCUT2D eigenvalue weighted by Crippen LogP contribution is -2.41. The van der Waals surface area contributed by atoms with Crippen molar-refractivity contribution in [3.8, 4) is 0 Å². The van der Waals surface area contributed by atoms with Gasteiger partial charge in [-0.15, -0.1) is 0 Å². The van der Waals surface area contributed by atoms with Crippen LogP contribution in [0.25, 0.3) is 0 Å². The van der Waals surface area contributed by atoms with Crippen molar-refractivity contribution in [2.75, 3.05) is 18.9 Å². The lowest BCUT2D eigenvalue weighted by molar-refractivity contribution is 0.283. The number of halogens is 1. The molecule has 25 heavy (non-hydrogen) atoms. The first kappa shape index (κ1) is 18.7. The van der Waals surface area contributed by atoms with Crippen LogP contribution in [0.3, 0.4) is 0 Å². The standard InChI is InChI=1S/C17H22ClN7/c1-19-8-9-20-17(11-21-16-7-5-4-6-15(16)18)23-25(3)13-14-10-22-24(2)12-14/h4-10,12,21H,1,11,13H2,2-3H3,(H,20,23)/b9-8-. The lowest BCUT2D eigenvalue weighted by Gasteiger charge is -2.20. The molecule has 2 aromatic rings. The van der Waals surface area contributed by atoms with Crippen LogP contribution in [-0.2, 0) is 13.6 Å². The maximum absolute atomic E-state index is 6.17. The van der Waals surface area contributed by atoms with E-state index in [9.17, 15) is 0 Å². The van der Waals surface area contributed by atoms with Crippen molar-refractivity contribution in [2.24, 2.45) is 17.0 Å². The maximum Gasteiger partial charge on any atom is 0.135 e. The van der Waals surface area contributed by atoms with Gasteiger partial charge >= 0.3 is 0 Å². The molecule has 132 valence electrons. The molecule has 0 unspecified atom stereocenters. The van der Waals surface area contributed by atoms with Crippen LogP contribution in [0, 0.1) is 0 Å². The average molecular weight is 360 g/mol. The second kappa shape index (κ2) is 9.61. The molecule has 1 heterocycles. The molecule has 0 fully saturated rings. The fourth-order valence-corrected chi connectivity index (χ4v) is 2.36. The summed E-state index contributed by atoms with van der Waals surface area (Å²) in [6.45, 7) is 4.56. The number of hydrogen-bond donors (Lipinski definition) is 2. The van der Waals surface area contributed by atoms with Gasteiger partial charge in [-0.3, -0.25) is 9.67 Å². The second-order valence-corrected chi connectivity index (χ2v) is 5.79. The number of hydrazine groups is 1. The number of aliphatic imine (C=N–C) groups is 2. The average Bonchev–Trinajstić information content (AvgIpc) is 2.98. The number of rotatable bonds is 8. The monoisotopic (exact) mass is 359 g/mol. The molecule has 0 bridgehead atoms. The Morgan fingerprint density at radius 3 is 2.88 bits per heavy atom. The van der Waals surface area contributed by atoms with Crippen molar-refractivity contribution in [2.45, 2.75) is 6.54 Å². The molecule has 0 radical (unpaired) electrons. The summed E-state index contributed by atoms with van der Waals surface area (Å²) in [7, 11) is 3.83. The minimum atomic E-state index is 0.475. The summed E-state index contributed by atoms with van der Waals surface area (Å²) in [5.41, 5.74) is 5.19. The Morgan fingerprint density at radius 1 is 1.40 bits per heavy atom. The SMILES string of the molecule is C=N/C=C\N=C(CNc1ccccc1Cl)NN(C)Cc1cnn(C)c1. The molecule has 0 saturated carbocycles. The summed E-state index contributed by atoms with van der Waals surface area (Å²) < 4.78 is 1.77. The highest BCUT2D eigenvalue weighted by atomic mass is 35.5. The van der Waals surface area contributed by atoms with Crippen LogP contribution >= 0.6 is 11.6 Å². The molecule has 1 aromatic carbocycles. The Kier molecular flexibility index (Phi) is 7.18. The number of amidine groups is 1. The molecular weight excluding hydrogens is 338 g/mol. The van der Waals surface area contributed by atoms with E-state index >= 15 is 0 Å². The van der Waals surface area contributed by atoms with Crippen molar-refractivity contribution < 1.29 is 0 Å². The Hall–Kier alpha value is -2.64. The van der Waals surface area contributed by atoms with E-state index < -0.39 is 0 Å². The number of nitrogens with zero attached hydrogens (tertiary/aromatic N) is 5. The van der Waals surface area contributed by atoms with E-state index in [1.807, 2.05) is 55.8 Å². The number of benzene rings is 1. The third-order valence-electron chi connectivity index (χ3n) is 3.22. The van der Waals surface area contributed by atoms with Gasteiger partial charge in [0.25, 0.3) is 0 Å². The number of aromatic nitrogens is 2. The predicted molar refractivity (Wildman–Crippen MR) is 104 cm³/mol. The summed E-state index contributed by atoms with van der Waals surface area (Å²) in [4.78, 5) is 8.03. The zero-order valence-corrected chi connectivity index (χ0v) is 15.1. The smallest absolute Gasteiger partial charge is 0.135 e. The molecule has 1 aromatic heterocycles. The Bertz CT molecular complexity index is 751. The zero-order valence-electron chi connectivity index (χ0n) is 14.4. The number of anilines is 1. The number of para-hydroxylation sites is 1. The Labute approximate surface area is 152 Å². The van der Waals surface area contributed by atoms with Gasteiger partial charge in [-0.05, 0) is 18.9 Å². The van der Waals surface area contributed by atoms with Gasteiger partial charge < -0.3 is 10.7 Å². The number of aryl methyl sites for hydroxylation is 1. The van der Waals surface area contributed by atoms with Crippen LogP contribution < -0.4 is 10.7 Å². The molecular formula is C17H22ClN7. The van der Waals surface area contributed by atoms with Crippen molar-refractivity contribution in [3.63, 3.8) is 0 Å². The van der Waals surface area contributed by atoms with E-state index in [-0.39, 0.29) is 0 Å². The molecule has 0 atom stereocenters. The molecule has 2 rings (SSSR count). The molecule has 8 heteroatoms. The molecule has 2 N–H and O–H groups in total. The quantitative estimate of drug-likeness (QED) is 0.432. The maximum atomic E-state index is 6.17. The third kappa shape index (κ3) is 6.40. The van der Waals surface area contributed by atoms with Crippen molar-refractivity contribution in [3.05, 3.63) is 59.6 Å². The van der Waals surface area contributed by atoms with Gasteiger partial charge in [0.15, 0.2) is 0 Å². The minimum absolute atomic E-state index is 0.475. The normalized spacial score (nSPS) is 11.9. The van der Waals surface area contributed by atoms with Gasteiger partial charge in [-0.1, -0.05) is 23.7 Å². The van der Waals surface area contributed by atoms with Crippen LogP contribution in [0.15, 0.2) is 59.0 Å². The van der Waals surface area contributed by atoms with Gasteiger partial charge in [0.1, 0.15) is 5.84 Å². The van der Waals surface area contributed by atoms with Crippen LogP contribution in [-0.4, -0.2) is 40.9 Å². The summed E-state index contributed by atoms with van der Waals surface area (Å²) in [5, 5.41) is 10.0. The van der Waals surface area contributed by atoms with Crippen LogP contribution in [0.2, 0.25) is 5.02 Å². The highest BCUT2D eigenvalue weighted by molar-refractivity contribution is 6.33. The van der Waals surface area contributed by atoms with E-state index in [4.69, 9.17) is 11.6 Å². The third-order valence-corrected chi connectivity index (χ3v) is 3.55. The van der Waals surface area contributed by atoms with Crippen LogP contribution in [0.4, 0.5) is 5.69 Å². The Balaban J connectivity index is 1.99. The van der Waals surface area contributed by atoms with E-state index in [1.165, 1.54) is 6.20 Å². The molecule has 0 saturated heterocycles. The second-order valence-electron chi connectivity index (χ2n) is 5.38. The zero-order chi connectivity index (χ0) is 18.1. The molecule has 7 nitrogen and oxygen atoms in total. The largest absolute Gasteiger partial charge is 0.377 e. The summed E-state index contributed by atoms with van der Waals surface area (Å²) >= 11 is 6.17. The van der Waals surface area contributed by atoms with E-state index in [1.54, 1.807) is 10.9 Å². The molecule has 0 spiro atoms. The molecule has 0 aliphatic carbocycles. The van der Waals surface area contributed by atoms with Crippen molar-refractivity contribution >= 4 is 29.8 Å². The van der Waals surface area contributed by atoms with E-state index in [0.717, 1.165) is 11.3 Å². The first-order valence-corrected chi connectivity index (χ1v) is 8.07. The topological polar surface area (TPSA) is 69.8 Å². The highest BCUT2D eigenvalue weighted by Crippen LogP contribution is 2.19. The summed E-state index contributed by atoms with van der Waals surface area (Å²) in [6.07, 6.45) is 6.91.